The number of piperidine rings is 1. The molecule has 0 spiro atoms. The van der Waals surface area contributed by atoms with Gasteiger partial charge in [-0.2, -0.15) is 17.7 Å². The Morgan fingerprint density at radius 1 is 1.06 bits per heavy atom. The topological polar surface area (TPSA) is 89.7 Å². The molecule has 1 saturated heterocycles. The lowest BCUT2D eigenvalue weighted by Crippen LogP contribution is -2.38. The van der Waals surface area contributed by atoms with Gasteiger partial charge in [0.2, 0.25) is 0 Å². The number of hydrogen-bond donors (Lipinski definition) is 0. The fourth-order valence-electron chi connectivity index (χ4n) is 3.73. The first-order valence-corrected chi connectivity index (χ1v) is 10.6. The molecule has 0 aliphatic carbocycles. The Hall–Kier alpha value is -3.50. The van der Waals surface area contributed by atoms with Crippen molar-refractivity contribution in [1.29, 1.82) is 0 Å². The van der Waals surface area contributed by atoms with Crippen LogP contribution in [-0.4, -0.2) is 51.3 Å². The van der Waals surface area contributed by atoms with E-state index in [4.69, 9.17) is 4.74 Å². The molecule has 0 bridgehead atoms. The zero-order chi connectivity index (χ0) is 23.6. The lowest BCUT2D eigenvalue weighted by atomic mass is 9.97. The minimum Gasteiger partial charge on any atom is -0.457 e. The lowest BCUT2D eigenvalue weighted by molar-refractivity contribution is -0.148. The van der Waals surface area contributed by atoms with E-state index in [2.05, 4.69) is 15.3 Å². The highest BCUT2D eigenvalue weighted by Crippen LogP contribution is 2.29. The molecule has 1 fully saturated rings. The normalized spacial score (nSPS) is 15.1. The summed E-state index contributed by atoms with van der Waals surface area (Å²) in [6, 6.07) is 10.2. The Balaban J connectivity index is 1.32. The summed E-state index contributed by atoms with van der Waals surface area (Å²) in [4.78, 5) is 26.5. The third-order valence-corrected chi connectivity index (χ3v) is 5.68. The van der Waals surface area contributed by atoms with Crippen molar-refractivity contribution in [2.75, 3.05) is 24.6 Å². The monoisotopic (exact) mass is 461 g/mol. The summed E-state index contributed by atoms with van der Waals surface area (Å²) >= 11 is 0. The molecule has 1 aliphatic heterocycles. The summed E-state index contributed by atoms with van der Waals surface area (Å²) in [7, 11) is 0. The molecule has 0 N–H and O–H groups in total. The Morgan fingerprint density at radius 3 is 2.39 bits per heavy atom. The predicted octanol–water partition coefficient (Wildman–Crippen LogP) is 3.35. The average molecular weight is 461 g/mol. The second kappa shape index (κ2) is 9.16. The van der Waals surface area contributed by atoms with Crippen molar-refractivity contribution in [3.63, 3.8) is 0 Å². The molecule has 33 heavy (non-hydrogen) atoms. The quantitative estimate of drug-likeness (QED) is 0.411. The molecule has 0 amide bonds. The highest BCUT2D eigenvalue weighted by atomic mass is 19.4. The zero-order valence-corrected chi connectivity index (χ0v) is 17.9. The van der Waals surface area contributed by atoms with Crippen molar-refractivity contribution in [3.8, 4) is 0 Å². The number of halogens is 3. The van der Waals surface area contributed by atoms with E-state index in [1.165, 1.54) is 6.07 Å². The van der Waals surface area contributed by atoms with Crippen molar-refractivity contribution in [2.45, 2.75) is 32.4 Å². The summed E-state index contributed by atoms with van der Waals surface area (Å²) in [5.41, 5.74) is 1.60. The van der Waals surface area contributed by atoms with Crippen LogP contribution in [0.4, 0.5) is 19.0 Å². The molecule has 0 unspecified atom stereocenters. The number of Topliss-reactive ketones (excluding diaryl/α,β-unsaturated/α-hetero) is 1. The second-order valence-corrected chi connectivity index (χ2v) is 7.83. The van der Waals surface area contributed by atoms with Gasteiger partial charge in [-0.3, -0.25) is 9.59 Å². The molecule has 3 aromatic rings. The van der Waals surface area contributed by atoms with Crippen LogP contribution in [0.25, 0.3) is 5.65 Å². The number of ether oxygens (including phenoxy) is 1. The number of alkyl halides is 3. The number of carbonyl (C=O) groups is 2. The van der Waals surface area contributed by atoms with Gasteiger partial charge in [-0.25, -0.2) is 0 Å². The third-order valence-electron chi connectivity index (χ3n) is 5.68. The van der Waals surface area contributed by atoms with E-state index in [0.717, 1.165) is 12.0 Å². The maximum atomic E-state index is 13.1. The zero-order valence-electron chi connectivity index (χ0n) is 17.9. The first-order chi connectivity index (χ1) is 15.8. The molecule has 0 saturated carbocycles. The largest absolute Gasteiger partial charge is 0.457 e. The van der Waals surface area contributed by atoms with Crippen molar-refractivity contribution in [3.05, 3.63) is 53.3 Å². The molecular formula is C22H22F3N5O3. The van der Waals surface area contributed by atoms with E-state index < -0.39 is 18.0 Å². The summed E-state index contributed by atoms with van der Waals surface area (Å²) in [5.74, 6) is -1.96. The van der Waals surface area contributed by atoms with Crippen LogP contribution in [0.1, 0.15) is 41.5 Å². The van der Waals surface area contributed by atoms with Crippen LogP contribution in [-0.2, 0) is 22.1 Å². The number of ketones is 1. The SMILES string of the molecule is CCc1ccc(C(=O)COC(=O)C2CCN(c3ccc4nnc(C(F)(F)F)n4n3)CC2)cc1. The Kier molecular flexibility index (Phi) is 6.30. The fourth-order valence-corrected chi connectivity index (χ4v) is 3.73. The number of benzene rings is 1. The molecule has 4 rings (SSSR count). The summed E-state index contributed by atoms with van der Waals surface area (Å²) < 4.78 is 45.2. The van der Waals surface area contributed by atoms with Crippen LogP contribution in [0, 0.1) is 5.92 Å². The van der Waals surface area contributed by atoms with Crippen molar-refractivity contribution >= 4 is 23.2 Å². The number of hydrogen-bond acceptors (Lipinski definition) is 7. The number of carbonyl (C=O) groups excluding carboxylic acids is 2. The van der Waals surface area contributed by atoms with Crippen LogP contribution < -0.4 is 4.90 Å². The van der Waals surface area contributed by atoms with E-state index in [-0.39, 0.29) is 24.0 Å². The average Bonchev–Trinajstić information content (AvgIpc) is 3.26. The predicted molar refractivity (Wildman–Crippen MR) is 112 cm³/mol. The van der Waals surface area contributed by atoms with E-state index in [1.807, 2.05) is 19.1 Å². The van der Waals surface area contributed by atoms with Gasteiger partial charge in [0.1, 0.15) is 5.82 Å². The maximum Gasteiger partial charge on any atom is 0.453 e. The third kappa shape index (κ3) is 4.96. The Labute approximate surface area is 187 Å². The molecule has 8 nitrogen and oxygen atoms in total. The molecule has 0 radical (unpaired) electrons. The van der Waals surface area contributed by atoms with Gasteiger partial charge in [0.15, 0.2) is 18.0 Å². The molecule has 174 valence electrons. The summed E-state index contributed by atoms with van der Waals surface area (Å²) in [6.45, 7) is 2.52. The lowest BCUT2D eigenvalue weighted by Gasteiger charge is -2.31. The number of aryl methyl sites for hydroxylation is 1. The first kappa shape index (κ1) is 22.7. The molecule has 2 aromatic heterocycles. The van der Waals surface area contributed by atoms with Gasteiger partial charge >= 0.3 is 12.1 Å². The highest BCUT2D eigenvalue weighted by molar-refractivity contribution is 5.98. The van der Waals surface area contributed by atoms with Crippen LogP contribution in [0.15, 0.2) is 36.4 Å². The van der Waals surface area contributed by atoms with Gasteiger partial charge in [-0.15, -0.1) is 15.3 Å². The van der Waals surface area contributed by atoms with Crippen molar-refractivity contribution in [2.24, 2.45) is 5.92 Å². The van der Waals surface area contributed by atoms with Gasteiger partial charge in [0.05, 0.1) is 5.92 Å². The van der Waals surface area contributed by atoms with Crippen molar-refractivity contribution in [1.82, 2.24) is 19.8 Å². The van der Waals surface area contributed by atoms with Crippen LogP contribution >= 0.6 is 0 Å². The van der Waals surface area contributed by atoms with Gasteiger partial charge in [-0.1, -0.05) is 31.2 Å². The second-order valence-electron chi connectivity index (χ2n) is 7.83. The number of fused-ring (bicyclic) bond motifs is 1. The van der Waals surface area contributed by atoms with Gasteiger partial charge in [0.25, 0.3) is 5.82 Å². The number of esters is 1. The smallest absolute Gasteiger partial charge is 0.453 e. The standard InChI is InChI=1S/C22H22F3N5O3/c1-2-14-3-5-15(6-4-14)17(31)13-33-20(32)16-9-11-29(12-10-16)19-8-7-18-26-27-21(22(23,24)25)30(18)28-19/h3-8,16H,2,9-13H2,1H3. The fraction of sp³-hybridized carbons (Fsp3) is 0.409. The molecular weight excluding hydrogens is 439 g/mol. The van der Waals surface area contributed by atoms with Crippen LogP contribution in [0.3, 0.4) is 0 Å². The number of aromatic nitrogens is 4. The summed E-state index contributed by atoms with van der Waals surface area (Å²) in [6.07, 6.45) is -2.93. The van der Waals surface area contributed by atoms with Gasteiger partial charge in [0, 0.05) is 18.7 Å². The van der Waals surface area contributed by atoms with E-state index >= 15 is 0 Å². The van der Waals surface area contributed by atoms with Gasteiger partial charge in [-0.05, 0) is 37.0 Å². The molecule has 11 heteroatoms. The van der Waals surface area contributed by atoms with E-state index in [0.29, 0.717) is 41.8 Å². The number of rotatable bonds is 6. The molecule has 1 aromatic carbocycles. The molecule has 1 aliphatic rings. The van der Waals surface area contributed by atoms with Crippen LogP contribution in [0.5, 0.6) is 0 Å². The maximum absolute atomic E-state index is 13.1. The van der Waals surface area contributed by atoms with E-state index in [1.54, 1.807) is 23.1 Å². The number of anilines is 1. The first-order valence-electron chi connectivity index (χ1n) is 10.6. The minimum absolute atomic E-state index is 0.00135. The van der Waals surface area contributed by atoms with Crippen LogP contribution in [0.2, 0.25) is 0 Å². The van der Waals surface area contributed by atoms with Crippen molar-refractivity contribution < 1.29 is 27.5 Å². The number of nitrogens with zero attached hydrogens (tertiary/aromatic N) is 5. The van der Waals surface area contributed by atoms with E-state index in [9.17, 15) is 22.8 Å². The molecule has 0 atom stereocenters. The van der Waals surface area contributed by atoms with Gasteiger partial charge < -0.3 is 9.64 Å². The molecule has 3 heterocycles. The Morgan fingerprint density at radius 2 is 1.76 bits per heavy atom. The summed E-state index contributed by atoms with van der Waals surface area (Å²) in [5, 5.41) is 10.7. The Bertz CT molecular complexity index is 1150. The highest BCUT2D eigenvalue weighted by Gasteiger charge is 2.38. The minimum atomic E-state index is -4.67.